The normalized spacial score (nSPS) is 23.9. The first-order valence-corrected chi connectivity index (χ1v) is 7.83. The Balaban J connectivity index is 2.29. The molecular formula is C17H25F2NO. The van der Waals surface area contributed by atoms with Crippen molar-refractivity contribution in [1.82, 2.24) is 5.32 Å². The Labute approximate surface area is 125 Å². The van der Waals surface area contributed by atoms with Crippen molar-refractivity contribution in [2.45, 2.75) is 45.6 Å². The fraction of sp³-hybridized carbons (Fsp3) is 0.647. The summed E-state index contributed by atoms with van der Waals surface area (Å²) in [6, 6.07) is 2.29. The molecule has 0 aromatic heterocycles. The number of hydrogen-bond acceptors (Lipinski definition) is 2. The summed E-state index contributed by atoms with van der Waals surface area (Å²) < 4.78 is 33.6. The van der Waals surface area contributed by atoms with Gasteiger partial charge >= 0.3 is 0 Å². The molecule has 1 aliphatic rings. The van der Waals surface area contributed by atoms with Crippen LogP contribution in [0.15, 0.2) is 12.1 Å². The molecule has 1 saturated carbocycles. The maximum Gasteiger partial charge on any atom is 0.134 e. The van der Waals surface area contributed by atoms with Gasteiger partial charge in [0.2, 0.25) is 0 Å². The average Bonchev–Trinajstić information content (AvgIpc) is 2.46. The first-order valence-electron chi connectivity index (χ1n) is 7.83. The second kappa shape index (κ2) is 7.21. The van der Waals surface area contributed by atoms with Gasteiger partial charge in [0, 0.05) is 23.7 Å². The molecule has 1 atom stereocenters. The topological polar surface area (TPSA) is 21.3 Å². The number of halogens is 2. The molecule has 0 aliphatic heterocycles. The van der Waals surface area contributed by atoms with Gasteiger partial charge in [-0.05, 0) is 31.2 Å². The first-order chi connectivity index (χ1) is 10.1. The fourth-order valence-corrected chi connectivity index (χ4v) is 3.32. The monoisotopic (exact) mass is 297 g/mol. The third-order valence-corrected chi connectivity index (χ3v) is 4.56. The van der Waals surface area contributed by atoms with Gasteiger partial charge in [-0.25, -0.2) is 8.78 Å². The number of methoxy groups -OCH3 is 1. The quantitative estimate of drug-likeness (QED) is 0.867. The molecule has 0 heterocycles. The minimum Gasteiger partial charge on any atom is -0.497 e. The molecule has 2 rings (SSSR count). The van der Waals surface area contributed by atoms with Gasteiger partial charge in [-0.15, -0.1) is 0 Å². The van der Waals surface area contributed by atoms with Crippen molar-refractivity contribution in [3.8, 4) is 5.75 Å². The van der Waals surface area contributed by atoms with Crippen LogP contribution in [-0.4, -0.2) is 13.7 Å². The molecule has 118 valence electrons. The van der Waals surface area contributed by atoms with E-state index >= 15 is 0 Å². The van der Waals surface area contributed by atoms with E-state index in [2.05, 4.69) is 12.2 Å². The molecule has 21 heavy (non-hydrogen) atoms. The second-order valence-electron chi connectivity index (χ2n) is 6.06. The van der Waals surface area contributed by atoms with Crippen LogP contribution in [0.4, 0.5) is 8.78 Å². The lowest BCUT2D eigenvalue weighted by Gasteiger charge is -2.34. The molecule has 4 heteroatoms. The van der Waals surface area contributed by atoms with Gasteiger partial charge in [0.1, 0.15) is 17.4 Å². The number of benzene rings is 1. The molecule has 0 amide bonds. The first kappa shape index (κ1) is 16.2. The highest BCUT2D eigenvalue weighted by atomic mass is 19.1. The summed E-state index contributed by atoms with van der Waals surface area (Å²) in [5.74, 6) is 0.196. The van der Waals surface area contributed by atoms with Crippen LogP contribution >= 0.6 is 0 Å². The van der Waals surface area contributed by atoms with Crippen LogP contribution in [0.3, 0.4) is 0 Å². The van der Waals surface area contributed by atoms with E-state index in [0.717, 1.165) is 25.7 Å². The largest absolute Gasteiger partial charge is 0.497 e. The summed E-state index contributed by atoms with van der Waals surface area (Å²) in [7, 11) is 1.41. The summed E-state index contributed by atoms with van der Waals surface area (Å²) in [6.45, 7) is 4.91. The van der Waals surface area contributed by atoms with E-state index in [1.165, 1.54) is 19.2 Å². The van der Waals surface area contributed by atoms with Crippen molar-refractivity contribution in [1.29, 1.82) is 0 Å². The van der Waals surface area contributed by atoms with Gasteiger partial charge < -0.3 is 10.1 Å². The van der Waals surface area contributed by atoms with Crippen molar-refractivity contribution in [2.75, 3.05) is 13.7 Å². The Morgan fingerprint density at radius 3 is 2.24 bits per heavy atom. The van der Waals surface area contributed by atoms with Crippen molar-refractivity contribution in [3.63, 3.8) is 0 Å². The van der Waals surface area contributed by atoms with Gasteiger partial charge in [0.05, 0.1) is 7.11 Å². The summed E-state index contributed by atoms with van der Waals surface area (Å²) in [4.78, 5) is 0. The minimum atomic E-state index is -0.517. The standard InChI is InChI=1S/C17H25F2NO/c1-4-20-17(12-7-5-11(2)6-8-12)16-14(18)9-13(21-3)10-15(16)19/h9-12,17,20H,4-8H2,1-3H3. The Morgan fingerprint density at radius 1 is 1.19 bits per heavy atom. The van der Waals surface area contributed by atoms with Crippen molar-refractivity contribution < 1.29 is 13.5 Å². The minimum absolute atomic E-state index is 0.164. The Hall–Kier alpha value is -1.16. The Kier molecular flexibility index (Phi) is 5.57. The van der Waals surface area contributed by atoms with Crippen LogP contribution in [0.2, 0.25) is 0 Å². The van der Waals surface area contributed by atoms with E-state index in [9.17, 15) is 8.78 Å². The number of rotatable bonds is 5. The highest BCUT2D eigenvalue weighted by Crippen LogP contribution is 2.39. The maximum atomic E-state index is 14.3. The predicted octanol–water partition coefficient (Wildman–Crippen LogP) is 4.45. The average molecular weight is 297 g/mol. The van der Waals surface area contributed by atoms with Crippen LogP contribution in [0.25, 0.3) is 0 Å². The summed E-state index contributed by atoms with van der Waals surface area (Å²) >= 11 is 0. The maximum absolute atomic E-state index is 14.3. The highest BCUT2D eigenvalue weighted by molar-refractivity contribution is 5.33. The summed E-state index contributed by atoms with van der Waals surface area (Å²) in [5.41, 5.74) is 0.164. The zero-order valence-corrected chi connectivity index (χ0v) is 13.1. The van der Waals surface area contributed by atoms with E-state index in [0.29, 0.717) is 18.4 Å². The molecule has 1 unspecified atom stereocenters. The zero-order valence-electron chi connectivity index (χ0n) is 13.1. The molecule has 0 bridgehead atoms. The molecule has 1 aromatic carbocycles. The van der Waals surface area contributed by atoms with E-state index in [1.54, 1.807) is 0 Å². The van der Waals surface area contributed by atoms with E-state index in [-0.39, 0.29) is 17.4 Å². The van der Waals surface area contributed by atoms with Crippen molar-refractivity contribution >= 4 is 0 Å². The molecule has 0 radical (unpaired) electrons. The van der Waals surface area contributed by atoms with E-state index < -0.39 is 11.6 Å². The molecule has 0 spiro atoms. The third-order valence-electron chi connectivity index (χ3n) is 4.56. The summed E-state index contributed by atoms with van der Waals surface area (Å²) in [6.07, 6.45) is 4.30. The van der Waals surface area contributed by atoms with Gasteiger partial charge in [0.25, 0.3) is 0 Å². The molecule has 1 N–H and O–H groups in total. The SMILES string of the molecule is CCNC(c1c(F)cc(OC)cc1F)C1CCC(C)CC1. The van der Waals surface area contributed by atoms with Gasteiger partial charge in [0.15, 0.2) is 0 Å². The van der Waals surface area contributed by atoms with Crippen LogP contribution in [0.5, 0.6) is 5.75 Å². The lowest BCUT2D eigenvalue weighted by atomic mass is 9.77. The highest BCUT2D eigenvalue weighted by Gasteiger charge is 2.30. The number of hydrogen-bond donors (Lipinski definition) is 1. The Bertz CT molecular complexity index is 447. The third kappa shape index (κ3) is 3.73. The zero-order chi connectivity index (χ0) is 15.4. The van der Waals surface area contributed by atoms with Crippen molar-refractivity contribution in [3.05, 3.63) is 29.3 Å². The molecule has 0 saturated heterocycles. The van der Waals surface area contributed by atoms with E-state index in [1.807, 2.05) is 6.92 Å². The lowest BCUT2D eigenvalue weighted by Crippen LogP contribution is -2.32. The molecule has 1 fully saturated rings. The van der Waals surface area contributed by atoms with Gasteiger partial charge in [-0.2, -0.15) is 0 Å². The molecule has 1 aliphatic carbocycles. The van der Waals surface area contributed by atoms with Gasteiger partial charge in [-0.3, -0.25) is 0 Å². The van der Waals surface area contributed by atoms with E-state index in [4.69, 9.17) is 4.74 Å². The fourth-order valence-electron chi connectivity index (χ4n) is 3.32. The van der Waals surface area contributed by atoms with Crippen LogP contribution in [0.1, 0.15) is 51.1 Å². The molecular weight excluding hydrogens is 272 g/mol. The van der Waals surface area contributed by atoms with Crippen LogP contribution < -0.4 is 10.1 Å². The molecule has 2 nitrogen and oxygen atoms in total. The predicted molar refractivity (Wildman–Crippen MR) is 80.4 cm³/mol. The Morgan fingerprint density at radius 2 is 1.76 bits per heavy atom. The van der Waals surface area contributed by atoms with Crippen molar-refractivity contribution in [2.24, 2.45) is 11.8 Å². The number of nitrogens with one attached hydrogen (secondary N) is 1. The lowest BCUT2D eigenvalue weighted by molar-refractivity contribution is 0.226. The summed E-state index contributed by atoms with van der Waals surface area (Å²) in [5, 5.41) is 3.28. The smallest absolute Gasteiger partial charge is 0.134 e. The van der Waals surface area contributed by atoms with Gasteiger partial charge in [-0.1, -0.05) is 26.7 Å². The van der Waals surface area contributed by atoms with Crippen LogP contribution in [-0.2, 0) is 0 Å². The number of ether oxygens (including phenoxy) is 1. The molecule has 1 aromatic rings. The van der Waals surface area contributed by atoms with Crippen LogP contribution in [0, 0.1) is 23.5 Å². The second-order valence-corrected chi connectivity index (χ2v) is 6.06.